The van der Waals surface area contributed by atoms with Crippen molar-refractivity contribution in [1.29, 1.82) is 0 Å². The Morgan fingerprint density at radius 2 is 2.00 bits per heavy atom. The fourth-order valence-electron chi connectivity index (χ4n) is 2.92. The second kappa shape index (κ2) is 7.63. The molecule has 1 amide bonds. The van der Waals surface area contributed by atoms with Crippen molar-refractivity contribution in [3.05, 3.63) is 29.3 Å². The predicted molar refractivity (Wildman–Crippen MR) is 89.1 cm³/mol. The van der Waals surface area contributed by atoms with Crippen LogP contribution in [0.25, 0.3) is 0 Å². The van der Waals surface area contributed by atoms with Crippen molar-refractivity contribution in [2.45, 2.75) is 64.5 Å². The van der Waals surface area contributed by atoms with E-state index < -0.39 is 0 Å². The maximum absolute atomic E-state index is 12.1. The van der Waals surface area contributed by atoms with Crippen molar-refractivity contribution in [2.24, 2.45) is 5.73 Å². The minimum atomic E-state index is -0.0447. The van der Waals surface area contributed by atoms with Gasteiger partial charge in [-0.2, -0.15) is 0 Å². The summed E-state index contributed by atoms with van der Waals surface area (Å²) < 4.78 is 5.77. The van der Waals surface area contributed by atoms with E-state index in [2.05, 4.69) is 31.3 Å². The summed E-state index contributed by atoms with van der Waals surface area (Å²) in [5.74, 6) is 1.14. The summed E-state index contributed by atoms with van der Waals surface area (Å²) in [6, 6.07) is 6.70. The van der Waals surface area contributed by atoms with Crippen LogP contribution in [0.4, 0.5) is 0 Å². The van der Waals surface area contributed by atoms with Gasteiger partial charge in [0.25, 0.3) is 5.91 Å². The van der Waals surface area contributed by atoms with Crippen LogP contribution in [0.15, 0.2) is 18.2 Å². The molecule has 122 valence electrons. The molecule has 0 heterocycles. The van der Waals surface area contributed by atoms with Gasteiger partial charge in [-0.05, 0) is 55.7 Å². The van der Waals surface area contributed by atoms with E-state index in [1.54, 1.807) is 0 Å². The molecule has 1 fully saturated rings. The van der Waals surface area contributed by atoms with Crippen molar-refractivity contribution >= 4 is 5.91 Å². The average Bonchev–Trinajstić information content (AvgIpc) is 2.47. The molecule has 0 spiro atoms. The molecule has 0 saturated heterocycles. The summed E-state index contributed by atoms with van der Waals surface area (Å²) in [7, 11) is 0. The summed E-state index contributed by atoms with van der Waals surface area (Å²) in [4.78, 5) is 12.1. The fourth-order valence-corrected chi connectivity index (χ4v) is 2.92. The van der Waals surface area contributed by atoms with E-state index >= 15 is 0 Å². The van der Waals surface area contributed by atoms with Gasteiger partial charge in [0.2, 0.25) is 0 Å². The van der Waals surface area contributed by atoms with Crippen LogP contribution >= 0.6 is 0 Å². The van der Waals surface area contributed by atoms with Crippen molar-refractivity contribution in [2.75, 3.05) is 6.61 Å². The summed E-state index contributed by atoms with van der Waals surface area (Å²) in [5.41, 5.74) is 8.16. The average molecular weight is 304 g/mol. The van der Waals surface area contributed by atoms with Crippen LogP contribution in [0.3, 0.4) is 0 Å². The Balaban J connectivity index is 1.87. The highest BCUT2D eigenvalue weighted by molar-refractivity contribution is 5.77. The minimum Gasteiger partial charge on any atom is -0.483 e. The molecule has 1 aromatic rings. The van der Waals surface area contributed by atoms with E-state index in [4.69, 9.17) is 10.5 Å². The zero-order valence-corrected chi connectivity index (χ0v) is 13.9. The molecule has 4 nitrogen and oxygen atoms in total. The first-order chi connectivity index (χ1) is 10.5. The van der Waals surface area contributed by atoms with Crippen LogP contribution in [0.2, 0.25) is 0 Å². The lowest BCUT2D eigenvalue weighted by atomic mass is 9.92. The highest BCUT2D eigenvalue weighted by Gasteiger charge is 2.20. The lowest BCUT2D eigenvalue weighted by molar-refractivity contribution is -0.124. The van der Waals surface area contributed by atoms with Gasteiger partial charge in [-0.15, -0.1) is 0 Å². The first-order valence-corrected chi connectivity index (χ1v) is 8.24. The van der Waals surface area contributed by atoms with Gasteiger partial charge >= 0.3 is 0 Å². The third-order valence-electron chi connectivity index (χ3n) is 4.29. The molecule has 4 heteroatoms. The van der Waals surface area contributed by atoms with Gasteiger partial charge in [0.15, 0.2) is 6.61 Å². The Morgan fingerprint density at radius 3 is 2.64 bits per heavy atom. The van der Waals surface area contributed by atoms with E-state index in [1.165, 1.54) is 0 Å². The Morgan fingerprint density at radius 1 is 1.32 bits per heavy atom. The second-order valence-electron chi connectivity index (χ2n) is 6.66. The molecule has 1 aliphatic carbocycles. The van der Waals surface area contributed by atoms with Gasteiger partial charge < -0.3 is 15.8 Å². The zero-order valence-electron chi connectivity index (χ0n) is 13.9. The zero-order chi connectivity index (χ0) is 16.1. The van der Waals surface area contributed by atoms with Gasteiger partial charge in [0, 0.05) is 12.1 Å². The summed E-state index contributed by atoms with van der Waals surface area (Å²) in [6.45, 7) is 6.36. The van der Waals surface area contributed by atoms with Gasteiger partial charge in [-0.3, -0.25) is 4.79 Å². The van der Waals surface area contributed by atoms with E-state index in [1.807, 2.05) is 13.0 Å². The number of benzene rings is 1. The summed E-state index contributed by atoms with van der Waals surface area (Å²) >= 11 is 0. The largest absolute Gasteiger partial charge is 0.483 e. The van der Waals surface area contributed by atoms with Crippen LogP contribution in [0, 0.1) is 6.92 Å². The summed E-state index contributed by atoms with van der Waals surface area (Å²) in [5, 5.41) is 3.05. The number of carbonyl (C=O) groups is 1. The number of hydrogen-bond acceptors (Lipinski definition) is 3. The lowest BCUT2D eigenvalue weighted by Gasteiger charge is -2.26. The molecule has 0 aliphatic heterocycles. The van der Waals surface area contributed by atoms with Crippen LogP contribution in [-0.4, -0.2) is 24.6 Å². The fraction of sp³-hybridized carbons (Fsp3) is 0.611. The number of ether oxygens (including phenoxy) is 1. The van der Waals surface area contributed by atoms with Crippen LogP contribution in [-0.2, 0) is 4.79 Å². The number of hydrogen-bond donors (Lipinski definition) is 2. The van der Waals surface area contributed by atoms with Crippen molar-refractivity contribution in [1.82, 2.24) is 5.32 Å². The Labute approximate surface area is 133 Å². The highest BCUT2D eigenvalue weighted by Crippen LogP contribution is 2.27. The number of aryl methyl sites for hydroxylation is 1. The van der Waals surface area contributed by atoms with Gasteiger partial charge in [0.1, 0.15) is 5.75 Å². The first-order valence-electron chi connectivity index (χ1n) is 8.24. The van der Waals surface area contributed by atoms with Crippen molar-refractivity contribution in [3.8, 4) is 5.75 Å². The quantitative estimate of drug-likeness (QED) is 0.879. The molecule has 0 atom stereocenters. The van der Waals surface area contributed by atoms with E-state index in [9.17, 15) is 4.79 Å². The molecular formula is C18H28N2O2. The molecule has 0 radical (unpaired) electrons. The van der Waals surface area contributed by atoms with Crippen LogP contribution in [0.1, 0.15) is 56.6 Å². The van der Waals surface area contributed by atoms with E-state index in [0.717, 1.165) is 42.6 Å². The second-order valence-corrected chi connectivity index (χ2v) is 6.66. The molecule has 0 unspecified atom stereocenters. The number of amides is 1. The number of carbonyl (C=O) groups excluding carboxylic acids is 1. The lowest BCUT2D eigenvalue weighted by Crippen LogP contribution is -2.42. The van der Waals surface area contributed by atoms with Crippen molar-refractivity contribution < 1.29 is 9.53 Å². The molecule has 1 aromatic carbocycles. The molecule has 1 aliphatic rings. The normalized spacial score (nSPS) is 21.7. The van der Waals surface area contributed by atoms with Gasteiger partial charge in [-0.1, -0.05) is 26.0 Å². The topological polar surface area (TPSA) is 64.3 Å². The highest BCUT2D eigenvalue weighted by atomic mass is 16.5. The Hall–Kier alpha value is -1.55. The van der Waals surface area contributed by atoms with Gasteiger partial charge in [-0.25, -0.2) is 0 Å². The van der Waals surface area contributed by atoms with E-state index in [0.29, 0.717) is 12.0 Å². The maximum atomic E-state index is 12.1. The molecule has 3 N–H and O–H groups in total. The van der Waals surface area contributed by atoms with Crippen molar-refractivity contribution in [3.63, 3.8) is 0 Å². The number of nitrogens with one attached hydrogen (secondary N) is 1. The van der Waals surface area contributed by atoms with Crippen LogP contribution in [0.5, 0.6) is 5.75 Å². The SMILES string of the molecule is Cc1ccc(C(C)C)c(OCC(=O)NC2CCC(N)CC2)c1. The molecule has 0 aromatic heterocycles. The van der Waals surface area contributed by atoms with E-state index in [-0.39, 0.29) is 18.6 Å². The maximum Gasteiger partial charge on any atom is 0.258 e. The predicted octanol–water partition coefficient (Wildman–Crippen LogP) is 2.88. The molecule has 0 bridgehead atoms. The number of nitrogens with two attached hydrogens (primary N) is 1. The number of rotatable bonds is 5. The molecule has 1 saturated carbocycles. The van der Waals surface area contributed by atoms with Gasteiger partial charge in [0.05, 0.1) is 0 Å². The Kier molecular flexibility index (Phi) is 5.83. The smallest absolute Gasteiger partial charge is 0.258 e. The molecule has 2 rings (SSSR count). The molecule has 22 heavy (non-hydrogen) atoms. The standard InChI is InChI=1S/C18H28N2O2/c1-12(2)16-9-4-13(3)10-17(16)22-11-18(21)20-15-7-5-14(19)6-8-15/h4,9-10,12,14-15H,5-8,11,19H2,1-3H3,(H,20,21). The monoisotopic (exact) mass is 304 g/mol. The molecular weight excluding hydrogens is 276 g/mol. The first kappa shape index (κ1) is 16.8. The van der Waals surface area contributed by atoms with Crippen LogP contribution < -0.4 is 15.8 Å². The third-order valence-corrected chi connectivity index (χ3v) is 4.29. The minimum absolute atomic E-state index is 0.0447. The third kappa shape index (κ3) is 4.73. The summed E-state index contributed by atoms with van der Waals surface area (Å²) in [6.07, 6.45) is 3.91. The Bertz CT molecular complexity index is 506.